The van der Waals surface area contributed by atoms with Gasteiger partial charge in [-0.1, -0.05) is 18.2 Å². The number of aryl methyl sites for hydroxylation is 1. The van der Waals surface area contributed by atoms with Crippen LogP contribution in [0.2, 0.25) is 0 Å². The number of aromatic nitrogens is 2. The lowest BCUT2D eigenvalue weighted by atomic mass is 10.0. The topological polar surface area (TPSA) is 91.7 Å². The fraction of sp³-hybridized carbons (Fsp3) is 0.348. The molecule has 0 radical (unpaired) electrons. The molecule has 0 saturated heterocycles. The minimum Gasteiger partial charge on any atom is -0.493 e. The van der Waals surface area contributed by atoms with Crippen LogP contribution in [0.25, 0.3) is 10.9 Å². The van der Waals surface area contributed by atoms with E-state index in [0.717, 1.165) is 17.7 Å². The standard InChI is InChI=1S/C23H25N3O5/c1-29-20-12-16-18(13-21(20)30-2)24-14-26(23(16)28)10-5-8-22(27)25-17-9-11-31-19-7-4-3-6-15(17)19/h3-4,6-7,12-14,17H,5,8-11H2,1-2H3,(H,25,27). The zero-order valence-corrected chi connectivity index (χ0v) is 17.6. The molecule has 0 fully saturated rings. The largest absolute Gasteiger partial charge is 0.493 e. The Morgan fingerprint density at radius 1 is 1.23 bits per heavy atom. The molecule has 2 aromatic carbocycles. The molecule has 1 aromatic heterocycles. The number of hydrogen-bond acceptors (Lipinski definition) is 6. The molecule has 3 aromatic rings. The van der Waals surface area contributed by atoms with Crippen LogP contribution in [0, 0.1) is 0 Å². The molecule has 0 spiro atoms. The number of carbonyl (C=O) groups is 1. The Morgan fingerprint density at radius 2 is 2.00 bits per heavy atom. The predicted octanol–water partition coefficient (Wildman–Crippen LogP) is 2.83. The first-order valence-electron chi connectivity index (χ1n) is 10.2. The number of amides is 1. The summed E-state index contributed by atoms with van der Waals surface area (Å²) in [6.07, 6.45) is 3.08. The van der Waals surface area contributed by atoms with Crippen molar-refractivity contribution in [3.8, 4) is 17.2 Å². The monoisotopic (exact) mass is 423 g/mol. The number of ether oxygens (including phenoxy) is 3. The summed E-state index contributed by atoms with van der Waals surface area (Å²) >= 11 is 0. The van der Waals surface area contributed by atoms with Crippen molar-refractivity contribution in [1.82, 2.24) is 14.9 Å². The highest BCUT2D eigenvalue weighted by Crippen LogP contribution is 2.32. The zero-order valence-electron chi connectivity index (χ0n) is 17.6. The van der Waals surface area contributed by atoms with E-state index >= 15 is 0 Å². The summed E-state index contributed by atoms with van der Waals surface area (Å²) < 4.78 is 17.7. The lowest BCUT2D eigenvalue weighted by Gasteiger charge is -2.26. The highest BCUT2D eigenvalue weighted by Gasteiger charge is 2.22. The third-order valence-corrected chi connectivity index (χ3v) is 5.43. The van der Waals surface area contributed by atoms with Gasteiger partial charge in [-0.15, -0.1) is 0 Å². The second kappa shape index (κ2) is 9.07. The van der Waals surface area contributed by atoms with E-state index in [1.807, 2.05) is 24.3 Å². The molecule has 8 heteroatoms. The SMILES string of the molecule is COc1cc2ncn(CCCC(=O)NC3CCOc4ccccc43)c(=O)c2cc1OC. The lowest BCUT2D eigenvalue weighted by molar-refractivity contribution is -0.122. The van der Waals surface area contributed by atoms with Crippen molar-refractivity contribution in [2.75, 3.05) is 20.8 Å². The van der Waals surface area contributed by atoms with Crippen LogP contribution in [-0.2, 0) is 11.3 Å². The van der Waals surface area contributed by atoms with Crippen LogP contribution in [-0.4, -0.2) is 36.3 Å². The fourth-order valence-electron chi connectivity index (χ4n) is 3.81. The summed E-state index contributed by atoms with van der Waals surface area (Å²) in [4.78, 5) is 29.7. The molecule has 162 valence electrons. The molecule has 8 nitrogen and oxygen atoms in total. The quantitative estimate of drug-likeness (QED) is 0.628. The Bertz CT molecular complexity index is 1160. The van der Waals surface area contributed by atoms with E-state index in [2.05, 4.69) is 10.3 Å². The molecular weight excluding hydrogens is 398 g/mol. The number of hydrogen-bond donors (Lipinski definition) is 1. The Kier molecular flexibility index (Phi) is 6.06. The van der Waals surface area contributed by atoms with Crippen molar-refractivity contribution in [2.24, 2.45) is 0 Å². The molecule has 1 unspecified atom stereocenters. The van der Waals surface area contributed by atoms with Crippen LogP contribution >= 0.6 is 0 Å². The Labute approximate surface area is 179 Å². The molecular formula is C23H25N3O5. The van der Waals surface area contributed by atoms with Crippen molar-refractivity contribution >= 4 is 16.8 Å². The first-order valence-corrected chi connectivity index (χ1v) is 10.2. The van der Waals surface area contributed by atoms with E-state index in [9.17, 15) is 9.59 Å². The highest BCUT2D eigenvalue weighted by atomic mass is 16.5. The van der Waals surface area contributed by atoms with E-state index in [1.165, 1.54) is 25.1 Å². The molecule has 1 aliphatic heterocycles. The average Bonchev–Trinajstić information content (AvgIpc) is 2.80. The second-order valence-electron chi connectivity index (χ2n) is 7.37. The molecule has 2 heterocycles. The smallest absolute Gasteiger partial charge is 0.261 e. The van der Waals surface area contributed by atoms with Gasteiger partial charge in [-0.3, -0.25) is 14.2 Å². The molecule has 1 atom stereocenters. The van der Waals surface area contributed by atoms with Gasteiger partial charge in [0.25, 0.3) is 5.56 Å². The van der Waals surface area contributed by atoms with Crippen molar-refractivity contribution in [2.45, 2.75) is 31.8 Å². The molecule has 4 rings (SSSR count). The van der Waals surface area contributed by atoms with Crippen LogP contribution in [0.15, 0.2) is 47.5 Å². The first kappa shape index (κ1) is 20.7. The van der Waals surface area contributed by atoms with Gasteiger partial charge in [0.05, 0.1) is 44.1 Å². The molecule has 0 bridgehead atoms. The van der Waals surface area contributed by atoms with Gasteiger partial charge in [-0.25, -0.2) is 4.98 Å². The number of nitrogens with zero attached hydrogens (tertiary/aromatic N) is 2. The third kappa shape index (κ3) is 4.33. The number of benzene rings is 2. The molecule has 1 aliphatic rings. The molecule has 1 N–H and O–H groups in total. The van der Waals surface area contributed by atoms with Crippen molar-refractivity contribution in [3.63, 3.8) is 0 Å². The second-order valence-corrected chi connectivity index (χ2v) is 7.37. The number of nitrogens with one attached hydrogen (secondary N) is 1. The maximum Gasteiger partial charge on any atom is 0.261 e. The van der Waals surface area contributed by atoms with E-state index in [0.29, 0.717) is 48.4 Å². The van der Waals surface area contributed by atoms with Crippen LogP contribution in [0.5, 0.6) is 17.2 Å². The number of carbonyl (C=O) groups excluding carboxylic acids is 1. The van der Waals surface area contributed by atoms with Gasteiger partial charge in [0.2, 0.25) is 5.91 Å². The Morgan fingerprint density at radius 3 is 2.81 bits per heavy atom. The number of methoxy groups -OCH3 is 2. The average molecular weight is 423 g/mol. The normalized spacial score (nSPS) is 15.1. The van der Waals surface area contributed by atoms with Crippen molar-refractivity contribution in [3.05, 3.63) is 58.6 Å². The Hall–Kier alpha value is -3.55. The van der Waals surface area contributed by atoms with Crippen LogP contribution in [0.3, 0.4) is 0 Å². The predicted molar refractivity (Wildman–Crippen MR) is 116 cm³/mol. The summed E-state index contributed by atoms with van der Waals surface area (Å²) in [5.74, 6) is 1.77. The number of rotatable bonds is 7. The number of para-hydroxylation sites is 1. The van der Waals surface area contributed by atoms with Crippen LogP contribution in [0.4, 0.5) is 0 Å². The molecule has 0 aliphatic carbocycles. The van der Waals surface area contributed by atoms with Gasteiger partial charge in [-0.05, 0) is 18.6 Å². The minimum absolute atomic E-state index is 0.0464. The maximum atomic E-state index is 12.8. The van der Waals surface area contributed by atoms with Gasteiger partial charge < -0.3 is 19.5 Å². The van der Waals surface area contributed by atoms with Gasteiger partial charge >= 0.3 is 0 Å². The minimum atomic E-state index is -0.176. The first-order chi connectivity index (χ1) is 15.1. The summed E-state index contributed by atoms with van der Waals surface area (Å²) in [5, 5.41) is 3.53. The summed E-state index contributed by atoms with van der Waals surface area (Å²) in [6.45, 7) is 0.974. The van der Waals surface area contributed by atoms with E-state index < -0.39 is 0 Å². The highest BCUT2D eigenvalue weighted by molar-refractivity contribution is 5.81. The summed E-state index contributed by atoms with van der Waals surface area (Å²) in [5.41, 5.74) is 1.36. The number of fused-ring (bicyclic) bond motifs is 2. The zero-order chi connectivity index (χ0) is 21.8. The fourth-order valence-corrected chi connectivity index (χ4v) is 3.81. The van der Waals surface area contributed by atoms with Gasteiger partial charge in [0.15, 0.2) is 11.5 Å². The van der Waals surface area contributed by atoms with Crippen LogP contribution < -0.4 is 25.1 Å². The maximum absolute atomic E-state index is 12.8. The summed E-state index contributed by atoms with van der Waals surface area (Å²) in [7, 11) is 3.06. The van der Waals surface area contributed by atoms with E-state index in [1.54, 1.807) is 12.1 Å². The van der Waals surface area contributed by atoms with E-state index in [-0.39, 0.29) is 17.5 Å². The third-order valence-electron chi connectivity index (χ3n) is 5.43. The van der Waals surface area contributed by atoms with Gasteiger partial charge in [0, 0.05) is 31.0 Å². The lowest BCUT2D eigenvalue weighted by Crippen LogP contribution is -2.32. The Balaban J connectivity index is 1.40. The van der Waals surface area contributed by atoms with Crippen LogP contribution in [0.1, 0.15) is 30.9 Å². The van der Waals surface area contributed by atoms with Gasteiger partial charge in [-0.2, -0.15) is 0 Å². The molecule has 1 amide bonds. The molecule has 31 heavy (non-hydrogen) atoms. The van der Waals surface area contributed by atoms with Gasteiger partial charge in [0.1, 0.15) is 5.75 Å². The van der Waals surface area contributed by atoms with E-state index in [4.69, 9.17) is 14.2 Å². The van der Waals surface area contributed by atoms with Crippen molar-refractivity contribution < 1.29 is 19.0 Å². The van der Waals surface area contributed by atoms with Crippen molar-refractivity contribution in [1.29, 1.82) is 0 Å². The molecule has 0 saturated carbocycles. The summed E-state index contributed by atoms with van der Waals surface area (Å²) in [6, 6.07) is 11.0.